The highest BCUT2D eigenvalue weighted by molar-refractivity contribution is 7.92. The number of nitrogens with one attached hydrogen (secondary N) is 1. The van der Waals surface area contributed by atoms with E-state index in [4.69, 9.17) is 9.84 Å². The van der Waals surface area contributed by atoms with E-state index in [9.17, 15) is 18.3 Å². The zero-order valence-electron chi connectivity index (χ0n) is 17.3. The van der Waals surface area contributed by atoms with Gasteiger partial charge in [0.1, 0.15) is 11.8 Å². The number of aliphatic hydroxyl groups is 1. The molecule has 0 heterocycles. The Bertz CT molecular complexity index is 929. The first kappa shape index (κ1) is 23.7. The van der Waals surface area contributed by atoms with Crippen molar-refractivity contribution in [1.29, 1.82) is 0 Å². The number of nitrogens with zero attached hydrogens (tertiary/aromatic N) is 1. The zero-order valence-corrected chi connectivity index (χ0v) is 18.1. The third-order valence-electron chi connectivity index (χ3n) is 4.65. The molecule has 2 rings (SSSR count). The van der Waals surface area contributed by atoms with Gasteiger partial charge in [-0.3, -0.25) is 9.10 Å². The van der Waals surface area contributed by atoms with Crippen LogP contribution in [0.3, 0.4) is 0 Å². The van der Waals surface area contributed by atoms with Crippen molar-refractivity contribution < 1.29 is 28.2 Å². The monoisotopic (exact) mass is 436 g/mol. The Kier molecular flexibility index (Phi) is 8.22. The van der Waals surface area contributed by atoms with Crippen LogP contribution in [0.2, 0.25) is 0 Å². The highest BCUT2D eigenvalue weighted by atomic mass is 32.2. The molecule has 0 fully saturated rings. The molecule has 0 saturated heterocycles. The summed E-state index contributed by atoms with van der Waals surface area (Å²) in [5.74, 6) is -0.454. The third-order valence-corrected chi connectivity index (χ3v) is 6.46. The normalized spacial score (nSPS) is 13.5. The van der Waals surface area contributed by atoms with E-state index in [-0.39, 0.29) is 18.0 Å². The molecule has 0 aliphatic rings. The number of aryl methyl sites for hydroxylation is 1. The number of benzene rings is 2. The number of hydrogen-bond donors (Lipinski definition) is 3. The van der Waals surface area contributed by atoms with E-state index in [2.05, 4.69) is 5.32 Å². The van der Waals surface area contributed by atoms with E-state index in [1.54, 1.807) is 43.3 Å². The number of sulfonamides is 1. The summed E-state index contributed by atoms with van der Waals surface area (Å²) in [5, 5.41) is 22.4. The van der Waals surface area contributed by atoms with E-state index in [0.29, 0.717) is 17.9 Å². The number of carboxylic acids is 1. The van der Waals surface area contributed by atoms with Gasteiger partial charge < -0.3 is 20.3 Å². The second kappa shape index (κ2) is 10.4. The Balaban J connectivity index is 2.31. The van der Waals surface area contributed by atoms with Gasteiger partial charge in [0.25, 0.3) is 10.0 Å². The number of hydrogen-bond acceptors (Lipinski definition) is 6. The topological polar surface area (TPSA) is 116 Å². The molecule has 9 heteroatoms. The molecule has 3 N–H and O–H groups in total. The van der Waals surface area contributed by atoms with Gasteiger partial charge in [0.05, 0.1) is 30.3 Å². The summed E-state index contributed by atoms with van der Waals surface area (Å²) in [6.07, 6.45) is -0.785. The van der Waals surface area contributed by atoms with Crippen LogP contribution in [0.25, 0.3) is 0 Å². The standard InChI is InChI=1S/C21H28N2O6S/c1-4-20(21(25)26)22-13-17(24)14-23(16-7-9-18(29-3)10-8-16)30(27,28)19-11-5-15(2)6-12-19/h5-12,17,20,22,24H,4,13-14H2,1-3H3,(H,25,26)/t17-,20-/m0/s1. The Hall–Kier alpha value is -2.62. The molecule has 0 spiro atoms. The molecule has 0 saturated carbocycles. The van der Waals surface area contributed by atoms with Gasteiger partial charge in [-0.2, -0.15) is 0 Å². The zero-order chi connectivity index (χ0) is 22.3. The number of ether oxygens (including phenoxy) is 1. The fraction of sp³-hybridized carbons (Fsp3) is 0.381. The van der Waals surface area contributed by atoms with Crippen molar-refractivity contribution in [3.8, 4) is 5.75 Å². The second-order valence-electron chi connectivity index (χ2n) is 6.91. The van der Waals surface area contributed by atoms with E-state index in [1.807, 2.05) is 6.92 Å². The van der Waals surface area contributed by atoms with Gasteiger partial charge in [0.15, 0.2) is 0 Å². The molecular formula is C21H28N2O6S. The maximum absolute atomic E-state index is 13.3. The van der Waals surface area contributed by atoms with Crippen LogP contribution >= 0.6 is 0 Å². The molecule has 0 unspecified atom stereocenters. The maximum atomic E-state index is 13.3. The predicted molar refractivity (Wildman–Crippen MR) is 114 cm³/mol. The summed E-state index contributed by atoms with van der Waals surface area (Å²) in [4.78, 5) is 11.3. The molecule has 0 bridgehead atoms. The van der Waals surface area contributed by atoms with E-state index >= 15 is 0 Å². The number of carboxylic acid groups (broad SMARTS) is 1. The minimum Gasteiger partial charge on any atom is -0.497 e. The van der Waals surface area contributed by atoms with Crippen molar-refractivity contribution in [2.24, 2.45) is 0 Å². The highest BCUT2D eigenvalue weighted by Crippen LogP contribution is 2.26. The summed E-state index contributed by atoms with van der Waals surface area (Å²) in [5.41, 5.74) is 1.29. The number of anilines is 1. The summed E-state index contributed by atoms with van der Waals surface area (Å²) >= 11 is 0. The molecule has 0 amide bonds. The number of rotatable bonds is 11. The first-order valence-electron chi connectivity index (χ1n) is 9.56. The van der Waals surface area contributed by atoms with Gasteiger partial charge in [-0.05, 0) is 49.7 Å². The lowest BCUT2D eigenvalue weighted by molar-refractivity contribution is -0.139. The number of aliphatic hydroxyl groups excluding tert-OH is 1. The smallest absolute Gasteiger partial charge is 0.320 e. The van der Waals surface area contributed by atoms with Gasteiger partial charge in [-0.15, -0.1) is 0 Å². The van der Waals surface area contributed by atoms with Crippen LogP contribution in [-0.4, -0.2) is 56.9 Å². The molecule has 30 heavy (non-hydrogen) atoms. The lowest BCUT2D eigenvalue weighted by atomic mass is 10.2. The van der Waals surface area contributed by atoms with Crippen LogP contribution in [0.4, 0.5) is 5.69 Å². The number of methoxy groups -OCH3 is 1. The summed E-state index contributed by atoms with van der Waals surface area (Å²) in [7, 11) is -2.45. The van der Waals surface area contributed by atoms with Gasteiger partial charge in [0, 0.05) is 6.54 Å². The molecule has 0 aromatic heterocycles. The van der Waals surface area contributed by atoms with Crippen LogP contribution in [-0.2, 0) is 14.8 Å². The van der Waals surface area contributed by atoms with Gasteiger partial charge in [-0.25, -0.2) is 8.42 Å². The fourth-order valence-corrected chi connectivity index (χ4v) is 4.37. The minimum absolute atomic E-state index is 0.0686. The van der Waals surface area contributed by atoms with Crippen molar-refractivity contribution in [2.45, 2.75) is 37.3 Å². The van der Waals surface area contributed by atoms with Gasteiger partial charge in [0.2, 0.25) is 0 Å². The molecule has 164 valence electrons. The largest absolute Gasteiger partial charge is 0.497 e. The molecule has 0 radical (unpaired) electrons. The highest BCUT2D eigenvalue weighted by Gasteiger charge is 2.28. The Morgan fingerprint density at radius 3 is 2.23 bits per heavy atom. The molecule has 2 aromatic carbocycles. The Labute approximate surface area is 177 Å². The van der Waals surface area contributed by atoms with Crippen molar-refractivity contribution >= 4 is 21.7 Å². The van der Waals surface area contributed by atoms with E-state index in [0.717, 1.165) is 9.87 Å². The van der Waals surface area contributed by atoms with Crippen molar-refractivity contribution in [1.82, 2.24) is 5.32 Å². The van der Waals surface area contributed by atoms with Crippen LogP contribution in [0.15, 0.2) is 53.4 Å². The fourth-order valence-electron chi connectivity index (χ4n) is 2.87. The Morgan fingerprint density at radius 1 is 1.13 bits per heavy atom. The van der Waals surface area contributed by atoms with E-state index in [1.165, 1.54) is 19.2 Å². The quantitative estimate of drug-likeness (QED) is 0.493. The Morgan fingerprint density at radius 2 is 1.73 bits per heavy atom. The van der Waals surface area contributed by atoms with Crippen LogP contribution in [0.1, 0.15) is 18.9 Å². The van der Waals surface area contributed by atoms with Crippen LogP contribution in [0, 0.1) is 6.92 Å². The summed E-state index contributed by atoms with van der Waals surface area (Å²) in [6.45, 7) is 3.26. The summed E-state index contributed by atoms with van der Waals surface area (Å²) in [6, 6.07) is 12.1. The van der Waals surface area contributed by atoms with Crippen molar-refractivity contribution in [3.63, 3.8) is 0 Å². The van der Waals surface area contributed by atoms with Gasteiger partial charge >= 0.3 is 5.97 Å². The van der Waals surface area contributed by atoms with Gasteiger partial charge in [-0.1, -0.05) is 24.6 Å². The second-order valence-corrected chi connectivity index (χ2v) is 8.77. The SMILES string of the molecule is CC[C@H](NC[C@H](O)CN(c1ccc(OC)cc1)S(=O)(=O)c1ccc(C)cc1)C(=O)O. The minimum atomic E-state index is -3.96. The lowest BCUT2D eigenvalue weighted by Gasteiger charge is -2.27. The first-order chi connectivity index (χ1) is 14.2. The average molecular weight is 437 g/mol. The molecular weight excluding hydrogens is 408 g/mol. The third kappa shape index (κ3) is 5.94. The van der Waals surface area contributed by atoms with Crippen molar-refractivity contribution in [3.05, 3.63) is 54.1 Å². The molecule has 8 nitrogen and oxygen atoms in total. The number of carbonyl (C=O) groups is 1. The number of aliphatic carboxylic acids is 1. The van der Waals surface area contributed by atoms with Crippen molar-refractivity contribution in [2.75, 3.05) is 24.5 Å². The van der Waals surface area contributed by atoms with E-state index < -0.39 is 28.1 Å². The molecule has 2 atom stereocenters. The molecule has 0 aliphatic heterocycles. The summed E-state index contributed by atoms with van der Waals surface area (Å²) < 4.78 is 32.9. The van der Waals surface area contributed by atoms with Crippen LogP contribution in [0.5, 0.6) is 5.75 Å². The first-order valence-corrected chi connectivity index (χ1v) is 11.0. The lowest BCUT2D eigenvalue weighted by Crippen LogP contribution is -2.45. The predicted octanol–water partition coefficient (Wildman–Crippen LogP) is 2.01. The maximum Gasteiger partial charge on any atom is 0.320 e. The van der Waals surface area contributed by atoms with Crippen LogP contribution < -0.4 is 14.4 Å². The molecule has 2 aromatic rings. The average Bonchev–Trinajstić information content (AvgIpc) is 2.72. The molecule has 0 aliphatic carbocycles.